The SMILES string of the molecule is Cc1nnc(-c2ccc(CNC(=O)CCCC(=O)NCCCOCCOCCOCCCN)cc2)nn1. The fourth-order valence-electron chi connectivity index (χ4n) is 3.08. The third-order valence-corrected chi connectivity index (χ3v) is 5.11. The molecule has 2 rings (SSSR count). The second kappa shape index (κ2) is 19.1. The fourth-order valence-corrected chi connectivity index (χ4v) is 3.08. The van der Waals surface area contributed by atoms with Crippen LogP contribution in [0.2, 0.25) is 0 Å². The molecule has 2 aromatic rings. The van der Waals surface area contributed by atoms with Gasteiger partial charge in [-0.25, -0.2) is 0 Å². The molecule has 0 aliphatic heterocycles. The number of nitrogens with two attached hydrogens (primary N) is 1. The number of benzene rings is 1. The summed E-state index contributed by atoms with van der Waals surface area (Å²) >= 11 is 0. The van der Waals surface area contributed by atoms with Crippen LogP contribution in [0.4, 0.5) is 0 Å². The highest BCUT2D eigenvalue weighted by atomic mass is 16.5. The van der Waals surface area contributed by atoms with E-state index >= 15 is 0 Å². The molecule has 0 radical (unpaired) electrons. The minimum Gasteiger partial charge on any atom is -0.379 e. The monoisotopic (exact) mass is 517 g/mol. The van der Waals surface area contributed by atoms with Gasteiger partial charge in [-0.3, -0.25) is 9.59 Å². The zero-order valence-corrected chi connectivity index (χ0v) is 21.6. The Bertz CT molecular complexity index is 897. The molecule has 0 saturated carbocycles. The van der Waals surface area contributed by atoms with Gasteiger partial charge in [0.15, 0.2) is 5.82 Å². The van der Waals surface area contributed by atoms with Crippen molar-refractivity contribution in [1.82, 2.24) is 31.0 Å². The van der Waals surface area contributed by atoms with E-state index in [1.54, 1.807) is 6.92 Å². The van der Waals surface area contributed by atoms with E-state index in [2.05, 4.69) is 31.0 Å². The Balaban J connectivity index is 1.42. The molecule has 1 aromatic carbocycles. The normalized spacial score (nSPS) is 10.9. The van der Waals surface area contributed by atoms with Crippen molar-refractivity contribution < 1.29 is 23.8 Å². The summed E-state index contributed by atoms with van der Waals surface area (Å²) < 4.78 is 16.2. The van der Waals surface area contributed by atoms with Crippen LogP contribution in [0.1, 0.15) is 43.5 Å². The zero-order chi connectivity index (χ0) is 26.6. The molecule has 0 fully saturated rings. The van der Waals surface area contributed by atoms with Crippen molar-refractivity contribution in [3.05, 3.63) is 35.7 Å². The molecule has 0 aliphatic rings. The lowest BCUT2D eigenvalue weighted by Crippen LogP contribution is -2.26. The summed E-state index contributed by atoms with van der Waals surface area (Å²) in [6.45, 7) is 6.62. The van der Waals surface area contributed by atoms with Gasteiger partial charge in [0.2, 0.25) is 17.6 Å². The molecular formula is C25H39N7O5. The second-order valence-corrected chi connectivity index (χ2v) is 8.28. The van der Waals surface area contributed by atoms with E-state index in [0.29, 0.717) is 90.2 Å². The van der Waals surface area contributed by atoms with Crippen molar-refractivity contribution in [3.63, 3.8) is 0 Å². The number of ether oxygens (including phenoxy) is 3. The number of hydrogen-bond acceptors (Lipinski definition) is 10. The average molecular weight is 518 g/mol. The molecule has 0 aliphatic carbocycles. The smallest absolute Gasteiger partial charge is 0.220 e. The summed E-state index contributed by atoms with van der Waals surface area (Å²) in [5, 5.41) is 21.5. The molecule has 0 bridgehead atoms. The van der Waals surface area contributed by atoms with Crippen LogP contribution in [0.15, 0.2) is 24.3 Å². The molecule has 0 spiro atoms. The maximum absolute atomic E-state index is 12.1. The average Bonchev–Trinajstić information content (AvgIpc) is 2.91. The van der Waals surface area contributed by atoms with Crippen molar-refractivity contribution in [2.75, 3.05) is 52.7 Å². The molecule has 2 amide bonds. The largest absolute Gasteiger partial charge is 0.379 e. The summed E-state index contributed by atoms with van der Waals surface area (Å²) in [6.07, 6.45) is 2.67. The van der Waals surface area contributed by atoms with Crippen molar-refractivity contribution in [1.29, 1.82) is 0 Å². The van der Waals surface area contributed by atoms with Crippen LogP contribution in [0.5, 0.6) is 0 Å². The Hall–Kier alpha value is -3.06. The van der Waals surface area contributed by atoms with Gasteiger partial charge < -0.3 is 30.6 Å². The molecule has 0 atom stereocenters. The molecule has 204 valence electrons. The van der Waals surface area contributed by atoms with E-state index in [4.69, 9.17) is 19.9 Å². The lowest BCUT2D eigenvalue weighted by atomic mass is 10.1. The van der Waals surface area contributed by atoms with Crippen LogP contribution in [-0.4, -0.2) is 84.9 Å². The molecule has 0 unspecified atom stereocenters. The van der Waals surface area contributed by atoms with Crippen LogP contribution in [-0.2, 0) is 30.3 Å². The highest BCUT2D eigenvalue weighted by Gasteiger charge is 2.07. The molecule has 12 heteroatoms. The Kier molecular flexibility index (Phi) is 15.6. The van der Waals surface area contributed by atoms with Gasteiger partial charge in [-0.05, 0) is 38.3 Å². The van der Waals surface area contributed by atoms with Crippen LogP contribution < -0.4 is 16.4 Å². The number of rotatable bonds is 20. The molecule has 0 saturated heterocycles. The molecule has 1 aromatic heterocycles. The number of hydrogen-bond donors (Lipinski definition) is 3. The first-order valence-electron chi connectivity index (χ1n) is 12.7. The quantitative estimate of drug-likeness (QED) is 0.215. The van der Waals surface area contributed by atoms with Gasteiger partial charge in [0, 0.05) is 44.7 Å². The molecule has 37 heavy (non-hydrogen) atoms. The topological polar surface area (TPSA) is 163 Å². The molecule has 4 N–H and O–H groups in total. The minimum atomic E-state index is -0.0927. The summed E-state index contributed by atoms with van der Waals surface area (Å²) in [4.78, 5) is 24.0. The summed E-state index contributed by atoms with van der Waals surface area (Å²) in [6, 6.07) is 7.51. The van der Waals surface area contributed by atoms with Gasteiger partial charge in [-0.2, -0.15) is 0 Å². The van der Waals surface area contributed by atoms with Gasteiger partial charge in [0.05, 0.1) is 26.4 Å². The number of nitrogens with zero attached hydrogens (tertiary/aromatic N) is 4. The van der Waals surface area contributed by atoms with E-state index in [1.807, 2.05) is 24.3 Å². The van der Waals surface area contributed by atoms with Crippen molar-refractivity contribution >= 4 is 11.8 Å². The van der Waals surface area contributed by atoms with Gasteiger partial charge in [-0.15, -0.1) is 20.4 Å². The van der Waals surface area contributed by atoms with Crippen molar-refractivity contribution in [2.45, 2.75) is 45.6 Å². The van der Waals surface area contributed by atoms with Gasteiger partial charge in [-0.1, -0.05) is 24.3 Å². The van der Waals surface area contributed by atoms with Gasteiger partial charge in [0.25, 0.3) is 0 Å². The number of carbonyl (C=O) groups excluding carboxylic acids is 2. The highest BCUT2D eigenvalue weighted by Crippen LogP contribution is 2.14. The van der Waals surface area contributed by atoms with Crippen LogP contribution >= 0.6 is 0 Å². The number of nitrogens with one attached hydrogen (secondary N) is 2. The number of aryl methyl sites for hydroxylation is 1. The summed E-state index contributed by atoms with van der Waals surface area (Å²) in [5.74, 6) is 0.807. The van der Waals surface area contributed by atoms with Crippen LogP contribution in [0.25, 0.3) is 11.4 Å². The summed E-state index contributed by atoms with van der Waals surface area (Å²) in [7, 11) is 0. The van der Waals surface area contributed by atoms with E-state index < -0.39 is 0 Å². The number of aromatic nitrogens is 4. The maximum Gasteiger partial charge on any atom is 0.220 e. The first-order chi connectivity index (χ1) is 18.1. The van der Waals surface area contributed by atoms with E-state index in [0.717, 1.165) is 24.0 Å². The van der Waals surface area contributed by atoms with E-state index in [1.165, 1.54) is 0 Å². The van der Waals surface area contributed by atoms with Gasteiger partial charge in [0.1, 0.15) is 0 Å². The van der Waals surface area contributed by atoms with Crippen LogP contribution in [0, 0.1) is 6.92 Å². The predicted octanol–water partition coefficient (Wildman–Crippen LogP) is 0.933. The highest BCUT2D eigenvalue weighted by molar-refractivity contribution is 5.78. The van der Waals surface area contributed by atoms with Gasteiger partial charge >= 0.3 is 0 Å². The lowest BCUT2D eigenvalue weighted by Gasteiger charge is -2.08. The predicted molar refractivity (Wildman–Crippen MR) is 137 cm³/mol. The molecule has 12 nitrogen and oxygen atoms in total. The van der Waals surface area contributed by atoms with Crippen LogP contribution in [0.3, 0.4) is 0 Å². The Labute approximate surface area is 218 Å². The van der Waals surface area contributed by atoms with E-state index in [-0.39, 0.29) is 11.8 Å². The Morgan fingerprint density at radius 3 is 1.95 bits per heavy atom. The number of amides is 2. The summed E-state index contributed by atoms with van der Waals surface area (Å²) in [5.41, 5.74) is 7.13. The fraction of sp³-hybridized carbons (Fsp3) is 0.600. The first-order valence-corrected chi connectivity index (χ1v) is 12.7. The Morgan fingerprint density at radius 1 is 0.757 bits per heavy atom. The third-order valence-electron chi connectivity index (χ3n) is 5.11. The number of carbonyl (C=O) groups is 2. The molecule has 1 heterocycles. The maximum atomic E-state index is 12.1. The third kappa shape index (κ3) is 14.3. The Morgan fingerprint density at radius 2 is 1.32 bits per heavy atom. The van der Waals surface area contributed by atoms with E-state index in [9.17, 15) is 9.59 Å². The van der Waals surface area contributed by atoms with Crippen molar-refractivity contribution in [3.8, 4) is 11.4 Å². The second-order valence-electron chi connectivity index (χ2n) is 8.28. The zero-order valence-electron chi connectivity index (χ0n) is 21.6. The standard InChI is InChI=1S/C25H39N7O5/c1-20-29-31-25(32-30-20)22-9-7-21(8-10-22)19-28-24(34)6-2-5-23(33)27-12-4-14-36-16-18-37-17-15-35-13-3-11-26/h7-10H,2-6,11-19,26H2,1H3,(H,27,33)(H,28,34). The lowest BCUT2D eigenvalue weighted by molar-refractivity contribution is -0.122. The molecular weight excluding hydrogens is 478 g/mol. The van der Waals surface area contributed by atoms with Crippen molar-refractivity contribution in [2.24, 2.45) is 5.73 Å². The minimum absolute atomic E-state index is 0.0661. The first kappa shape index (κ1) is 30.2.